The van der Waals surface area contributed by atoms with Crippen LogP contribution in [0.3, 0.4) is 0 Å². The number of amides is 1. The Morgan fingerprint density at radius 1 is 1.31 bits per heavy atom. The van der Waals surface area contributed by atoms with Gasteiger partial charge in [0.15, 0.2) is 6.61 Å². The standard InChI is InChI=1S/C22H25N5O2/c1-14-8-16-5-4-15(17-9-18(13-25-12-17)29-7-6-23)10-19(16)22(11-14)20(28)26(2)21(24)27(22)3/h4-5,9-10,12-14,21H,7-8,11,24H2,1-3H3. The van der Waals surface area contributed by atoms with Crippen molar-refractivity contribution < 1.29 is 9.53 Å². The SMILES string of the molecule is CC1Cc2ccc(-c3cncc(OCC#N)c3)cc2C2(C1)C(=O)N(C)C(N)N2C. The molecular weight excluding hydrogens is 366 g/mol. The normalized spacial score (nSPS) is 26.4. The van der Waals surface area contributed by atoms with Crippen molar-refractivity contribution in [3.05, 3.63) is 47.8 Å². The van der Waals surface area contributed by atoms with Crippen LogP contribution in [0.15, 0.2) is 36.7 Å². The molecular formula is C22H25N5O2. The number of benzene rings is 1. The Morgan fingerprint density at radius 3 is 2.79 bits per heavy atom. The lowest BCUT2D eigenvalue weighted by molar-refractivity contribution is -0.134. The summed E-state index contributed by atoms with van der Waals surface area (Å²) in [5, 5.41) is 8.73. The zero-order valence-electron chi connectivity index (χ0n) is 16.9. The lowest BCUT2D eigenvalue weighted by Gasteiger charge is -2.42. The van der Waals surface area contributed by atoms with Crippen molar-refractivity contribution >= 4 is 5.91 Å². The fraction of sp³-hybridized carbons (Fsp3) is 0.409. The van der Waals surface area contributed by atoms with Crippen LogP contribution in [0.5, 0.6) is 5.75 Å². The molecule has 2 heterocycles. The van der Waals surface area contributed by atoms with E-state index < -0.39 is 11.8 Å². The van der Waals surface area contributed by atoms with E-state index in [-0.39, 0.29) is 12.5 Å². The van der Waals surface area contributed by atoms with E-state index in [0.717, 1.165) is 29.5 Å². The minimum absolute atomic E-state index is 0.0279. The minimum atomic E-state index is -0.750. The Balaban J connectivity index is 1.82. The number of nitriles is 1. The van der Waals surface area contributed by atoms with Crippen LogP contribution in [0.4, 0.5) is 0 Å². The number of rotatable bonds is 3. The van der Waals surface area contributed by atoms with Crippen molar-refractivity contribution in [1.29, 1.82) is 5.26 Å². The molecule has 1 aliphatic heterocycles. The second-order valence-corrected chi connectivity index (χ2v) is 8.04. The molecule has 1 aromatic heterocycles. The first-order valence-electron chi connectivity index (χ1n) is 9.73. The second kappa shape index (κ2) is 7.14. The van der Waals surface area contributed by atoms with Gasteiger partial charge in [0.1, 0.15) is 23.6 Å². The molecule has 1 saturated heterocycles. The van der Waals surface area contributed by atoms with Crippen LogP contribution >= 0.6 is 0 Å². The first kappa shape index (κ1) is 19.4. The average molecular weight is 391 g/mol. The minimum Gasteiger partial charge on any atom is -0.477 e. The monoisotopic (exact) mass is 391 g/mol. The summed E-state index contributed by atoms with van der Waals surface area (Å²) < 4.78 is 5.39. The molecule has 1 fully saturated rings. The molecule has 1 aromatic carbocycles. The van der Waals surface area contributed by atoms with E-state index in [1.165, 1.54) is 5.56 Å². The number of carbonyl (C=O) groups is 1. The summed E-state index contributed by atoms with van der Waals surface area (Å²) in [4.78, 5) is 21.2. The van der Waals surface area contributed by atoms with Crippen molar-refractivity contribution in [1.82, 2.24) is 14.8 Å². The van der Waals surface area contributed by atoms with Gasteiger partial charge in [-0.15, -0.1) is 0 Å². The summed E-state index contributed by atoms with van der Waals surface area (Å²) in [7, 11) is 3.69. The maximum atomic E-state index is 13.4. The highest BCUT2D eigenvalue weighted by molar-refractivity contribution is 5.91. The van der Waals surface area contributed by atoms with Gasteiger partial charge in [-0.2, -0.15) is 5.26 Å². The van der Waals surface area contributed by atoms with Gasteiger partial charge < -0.3 is 9.64 Å². The Kier molecular flexibility index (Phi) is 4.77. The number of ether oxygens (including phenoxy) is 1. The van der Waals surface area contributed by atoms with Gasteiger partial charge in [-0.05, 0) is 54.6 Å². The Labute approximate surface area is 170 Å². The fourth-order valence-electron chi connectivity index (χ4n) is 4.74. The molecule has 0 radical (unpaired) electrons. The number of aromatic nitrogens is 1. The molecule has 1 amide bonds. The number of carbonyl (C=O) groups excluding carboxylic acids is 1. The summed E-state index contributed by atoms with van der Waals surface area (Å²) in [6.45, 7) is 2.16. The highest BCUT2D eigenvalue weighted by atomic mass is 16.5. The third-order valence-corrected chi connectivity index (χ3v) is 6.19. The van der Waals surface area contributed by atoms with E-state index >= 15 is 0 Å². The summed E-state index contributed by atoms with van der Waals surface area (Å²) >= 11 is 0. The maximum Gasteiger partial charge on any atom is 0.249 e. The molecule has 1 spiro atoms. The molecule has 4 rings (SSSR count). The molecule has 0 saturated carbocycles. The molecule has 2 aliphatic rings. The quantitative estimate of drug-likeness (QED) is 0.861. The van der Waals surface area contributed by atoms with Gasteiger partial charge in [0, 0.05) is 18.8 Å². The smallest absolute Gasteiger partial charge is 0.249 e. The number of likely N-dealkylation sites (N-methyl/N-ethyl adjacent to an activating group) is 2. The van der Waals surface area contributed by atoms with Crippen LogP contribution in [0.1, 0.15) is 24.5 Å². The highest BCUT2D eigenvalue weighted by Gasteiger charge is 2.57. The first-order valence-corrected chi connectivity index (χ1v) is 9.73. The summed E-state index contributed by atoms with van der Waals surface area (Å²) in [6.07, 6.45) is 4.57. The average Bonchev–Trinajstić information content (AvgIpc) is 2.88. The molecule has 7 heteroatoms. The van der Waals surface area contributed by atoms with E-state index in [2.05, 4.69) is 30.1 Å². The third-order valence-electron chi connectivity index (χ3n) is 6.19. The van der Waals surface area contributed by atoms with Crippen molar-refractivity contribution in [2.75, 3.05) is 20.7 Å². The van der Waals surface area contributed by atoms with Crippen LogP contribution in [0.2, 0.25) is 0 Å². The largest absolute Gasteiger partial charge is 0.477 e. The molecule has 1 aliphatic carbocycles. The van der Waals surface area contributed by atoms with E-state index in [4.69, 9.17) is 15.7 Å². The number of fused-ring (bicyclic) bond motifs is 2. The van der Waals surface area contributed by atoms with Crippen LogP contribution in [-0.4, -0.2) is 47.7 Å². The number of nitrogens with two attached hydrogens (primary N) is 1. The van der Waals surface area contributed by atoms with Crippen LogP contribution < -0.4 is 10.5 Å². The van der Waals surface area contributed by atoms with E-state index in [9.17, 15) is 4.79 Å². The molecule has 3 atom stereocenters. The van der Waals surface area contributed by atoms with E-state index in [0.29, 0.717) is 11.7 Å². The van der Waals surface area contributed by atoms with Gasteiger partial charge in [-0.25, -0.2) is 0 Å². The zero-order chi connectivity index (χ0) is 20.8. The molecule has 2 N–H and O–H groups in total. The molecule has 7 nitrogen and oxygen atoms in total. The van der Waals surface area contributed by atoms with Crippen molar-refractivity contribution in [2.24, 2.45) is 11.7 Å². The molecule has 29 heavy (non-hydrogen) atoms. The molecule has 150 valence electrons. The van der Waals surface area contributed by atoms with Gasteiger partial charge in [-0.3, -0.25) is 20.4 Å². The summed E-state index contributed by atoms with van der Waals surface area (Å²) in [6, 6.07) is 10.1. The summed E-state index contributed by atoms with van der Waals surface area (Å²) in [5.74, 6) is 0.963. The van der Waals surface area contributed by atoms with E-state index in [1.54, 1.807) is 24.3 Å². The van der Waals surface area contributed by atoms with Crippen LogP contribution in [0.25, 0.3) is 11.1 Å². The Hall–Kier alpha value is -2.95. The molecule has 0 bridgehead atoms. The predicted octanol–water partition coefficient (Wildman–Crippen LogP) is 2.07. The summed E-state index contributed by atoms with van der Waals surface area (Å²) in [5.41, 5.74) is 9.59. The predicted molar refractivity (Wildman–Crippen MR) is 108 cm³/mol. The van der Waals surface area contributed by atoms with Gasteiger partial charge in [0.05, 0.1) is 6.20 Å². The van der Waals surface area contributed by atoms with Gasteiger partial charge in [-0.1, -0.05) is 19.1 Å². The number of hydrogen-bond acceptors (Lipinski definition) is 6. The number of nitrogens with zero attached hydrogens (tertiary/aromatic N) is 4. The number of pyridine rings is 1. The first-order chi connectivity index (χ1) is 13.9. The second-order valence-electron chi connectivity index (χ2n) is 8.04. The maximum absolute atomic E-state index is 13.4. The van der Waals surface area contributed by atoms with Crippen molar-refractivity contribution in [3.63, 3.8) is 0 Å². The number of hydrogen-bond donors (Lipinski definition) is 1. The van der Waals surface area contributed by atoms with Crippen LogP contribution in [0, 0.1) is 17.2 Å². The van der Waals surface area contributed by atoms with Gasteiger partial charge >= 0.3 is 0 Å². The topological polar surface area (TPSA) is 95.5 Å². The van der Waals surface area contributed by atoms with E-state index in [1.807, 2.05) is 24.1 Å². The zero-order valence-corrected chi connectivity index (χ0v) is 16.9. The molecule has 3 unspecified atom stereocenters. The van der Waals surface area contributed by atoms with Gasteiger partial charge in [0.25, 0.3) is 0 Å². The lowest BCUT2D eigenvalue weighted by Crippen LogP contribution is -2.51. The van der Waals surface area contributed by atoms with Crippen LogP contribution in [-0.2, 0) is 16.8 Å². The van der Waals surface area contributed by atoms with Gasteiger partial charge in [0.2, 0.25) is 5.91 Å². The Morgan fingerprint density at radius 2 is 2.10 bits per heavy atom. The van der Waals surface area contributed by atoms with Crippen molar-refractivity contribution in [3.8, 4) is 22.9 Å². The van der Waals surface area contributed by atoms with Crippen molar-refractivity contribution in [2.45, 2.75) is 31.6 Å². The molecule has 2 aromatic rings. The lowest BCUT2D eigenvalue weighted by atomic mass is 9.70. The highest BCUT2D eigenvalue weighted by Crippen LogP contribution is 2.48. The fourth-order valence-corrected chi connectivity index (χ4v) is 4.74. The Bertz CT molecular complexity index is 1000. The third kappa shape index (κ3) is 2.96.